The Morgan fingerprint density at radius 3 is 3.00 bits per heavy atom. The van der Waals surface area contributed by atoms with Crippen LogP contribution in [0, 0.1) is 6.92 Å². The normalized spacial score (nSPS) is 26.0. The molecule has 5 heteroatoms. The van der Waals surface area contributed by atoms with Crippen molar-refractivity contribution >= 4 is 17.3 Å². The lowest BCUT2D eigenvalue weighted by Gasteiger charge is -2.41. The number of carboxylic acid groups (broad SMARTS) is 1. The molecule has 1 atom stereocenters. The third-order valence-electron chi connectivity index (χ3n) is 3.52. The largest absolute Gasteiger partial charge is 0.480 e. The lowest BCUT2D eigenvalue weighted by atomic mass is 9.88. The van der Waals surface area contributed by atoms with E-state index in [1.54, 1.807) is 11.3 Å². The van der Waals surface area contributed by atoms with Crippen LogP contribution in [-0.2, 0) is 11.3 Å². The Bertz CT molecular complexity index is 418. The van der Waals surface area contributed by atoms with E-state index in [2.05, 4.69) is 9.88 Å². The Hall–Kier alpha value is -0.940. The van der Waals surface area contributed by atoms with Crippen LogP contribution in [-0.4, -0.2) is 33.0 Å². The van der Waals surface area contributed by atoms with E-state index in [0.29, 0.717) is 6.54 Å². The molecule has 0 radical (unpaired) electrons. The number of thiazole rings is 1. The maximum atomic E-state index is 11.4. The molecule has 1 aromatic heterocycles. The molecule has 0 saturated carbocycles. The van der Waals surface area contributed by atoms with Gasteiger partial charge in [-0.1, -0.05) is 0 Å². The minimum Gasteiger partial charge on any atom is -0.480 e. The number of carbonyl (C=O) groups is 1. The number of nitrogens with zero attached hydrogens (tertiary/aromatic N) is 2. The van der Waals surface area contributed by atoms with Gasteiger partial charge in [0, 0.05) is 17.6 Å². The highest BCUT2D eigenvalue weighted by Crippen LogP contribution is 2.30. The fraction of sp³-hybridized carbons (Fsp3) is 0.667. The van der Waals surface area contributed by atoms with Crippen LogP contribution < -0.4 is 0 Å². The first-order valence-electron chi connectivity index (χ1n) is 5.92. The average Bonchev–Trinajstić information content (AvgIpc) is 2.67. The second-order valence-corrected chi connectivity index (χ2v) is 6.12. The third-order valence-corrected chi connectivity index (χ3v) is 4.41. The molecule has 94 valence electrons. The van der Waals surface area contributed by atoms with Crippen molar-refractivity contribution < 1.29 is 9.90 Å². The molecule has 0 spiro atoms. The Balaban J connectivity index is 2.14. The number of carboxylic acids is 1. The zero-order chi connectivity index (χ0) is 12.5. The SMILES string of the molecule is Cc1ncc(CN2CCCCC2(C)C(=O)O)s1. The summed E-state index contributed by atoms with van der Waals surface area (Å²) in [5.74, 6) is -0.710. The molecule has 0 amide bonds. The van der Waals surface area contributed by atoms with Crippen molar-refractivity contribution in [3.63, 3.8) is 0 Å². The molecular weight excluding hydrogens is 236 g/mol. The van der Waals surface area contributed by atoms with Crippen LogP contribution in [0.3, 0.4) is 0 Å². The standard InChI is InChI=1S/C12H18N2O2S/c1-9-13-7-10(17-9)8-14-6-4-3-5-12(14,2)11(15)16/h7H,3-6,8H2,1-2H3,(H,15,16). The summed E-state index contributed by atoms with van der Waals surface area (Å²) in [5.41, 5.74) is -0.712. The third kappa shape index (κ3) is 2.50. The van der Waals surface area contributed by atoms with Gasteiger partial charge >= 0.3 is 5.97 Å². The molecule has 1 saturated heterocycles. The van der Waals surface area contributed by atoms with Gasteiger partial charge in [0.25, 0.3) is 0 Å². The van der Waals surface area contributed by atoms with Crippen molar-refractivity contribution in [2.45, 2.75) is 45.2 Å². The number of aromatic nitrogens is 1. The summed E-state index contributed by atoms with van der Waals surface area (Å²) in [6.45, 7) is 5.37. The highest BCUT2D eigenvalue weighted by atomic mass is 32.1. The van der Waals surface area contributed by atoms with E-state index in [4.69, 9.17) is 0 Å². The molecule has 17 heavy (non-hydrogen) atoms. The minimum atomic E-state index is -0.712. The molecule has 0 aliphatic carbocycles. The summed E-state index contributed by atoms with van der Waals surface area (Å²) in [4.78, 5) is 18.9. The lowest BCUT2D eigenvalue weighted by molar-refractivity contribution is -0.153. The van der Waals surface area contributed by atoms with Crippen LogP contribution >= 0.6 is 11.3 Å². The van der Waals surface area contributed by atoms with E-state index in [1.807, 2.05) is 20.0 Å². The maximum absolute atomic E-state index is 11.4. The van der Waals surface area contributed by atoms with E-state index in [-0.39, 0.29) is 0 Å². The summed E-state index contributed by atoms with van der Waals surface area (Å²) in [5, 5.41) is 10.4. The fourth-order valence-corrected chi connectivity index (χ4v) is 3.15. The second-order valence-electron chi connectivity index (χ2n) is 4.80. The van der Waals surface area contributed by atoms with Crippen LogP contribution in [0.1, 0.15) is 36.1 Å². The van der Waals surface area contributed by atoms with Gasteiger partial charge < -0.3 is 5.11 Å². The molecule has 1 aromatic rings. The molecule has 2 heterocycles. The molecule has 1 aliphatic heterocycles. The van der Waals surface area contributed by atoms with Crippen molar-refractivity contribution in [1.29, 1.82) is 0 Å². The van der Waals surface area contributed by atoms with Crippen LogP contribution in [0.4, 0.5) is 0 Å². The van der Waals surface area contributed by atoms with E-state index in [0.717, 1.165) is 35.7 Å². The van der Waals surface area contributed by atoms with Gasteiger partial charge in [-0.25, -0.2) is 4.98 Å². The second kappa shape index (κ2) is 4.74. The first kappa shape index (κ1) is 12.5. The van der Waals surface area contributed by atoms with Crippen LogP contribution in [0.25, 0.3) is 0 Å². The van der Waals surface area contributed by atoms with Gasteiger partial charge in [0.1, 0.15) is 5.54 Å². The number of aliphatic carboxylic acids is 1. The molecule has 1 aliphatic rings. The van der Waals surface area contributed by atoms with E-state index in [9.17, 15) is 9.90 Å². The Morgan fingerprint density at radius 2 is 2.41 bits per heavy atom. The van der Waals surface area contributed by atoms with Crippen molar-refractivity contribution in [1.82, 2.24) is 9.88 Å². The quantitative estimate of drug-likeness (QED) is 0.899. The van der Waals surface area contributed by atoms with Crippen LogP contribution in [0.5, 0.6) is 0 Å². The van der Waals surface area contributed by atoms with E-state index in [1.165, 1.54) is 0 Å². The number of piperidine rings is 1. The first-order chi connectivity index (χ1) is 8.02. The van der Waals surface area contributed by atoms with Gasteiger partial charge in [0.2, 0.25) is 0 Å². The van der Waals surface area contributed by atoms with Crippen molar-refractivity contribution in [2.75, 3.05) is 6.54 Å². The number of hydrogen-bond donors (Lipinski definition) is 1. The average molecular weight is 254 g/mol. The van der Waals surface area contributed by atoms with E-state index < -0.39 is 11.5 Å². The summed E-state index contributed by atoms with van der Waals surface area (Å²) >= 11 is 1.65. The molecule has 1 unspecified atom stereocenters. The summed E-state index contributed by atoms with van der Waals surface area (Å²) in [7, 11) is 0. The summed E-state index contributed by atoms with van der Waals surface area (Å²) in [6.07, 6.45) is 4.68. The molecule has 0 aromatic carbocycles. The van der Waals surface area contributed by atoms with Gasteiger partial charge in [-0.3, -0.25) is 9.69 Å². The summed E-state index contributed by atoms with van der Waals surface area (Å²) in [6, 6.07) is 0. The monoisotopic (exact) mass is 254 g/mol. The van der Waals surface area contributed by atoms with Crippen LogP contribution in [0.15, 0.2) is 6.20 Å². The molecule has 2 rings (SSSR count). The van der Waals surface area contributed by atoms with Gasteiger partial charge in [-0.15, -0.1) is 11.3 Å². The Kier molecular flexibility index (Phi) is 3.49. The molecule has 1 N–H and O–H groups in total. The smallest absolute Gasteiger partial charge is 0.323 e. The van der Waals surface area contributed by atoms with Crippen molar-refractivity contribution in [3.05, 3.63) is 16.1 Å². The van der Waals surface area contributed by atoms with Crippen molar-refractivity contribution in [2.24, 2.45) is 0 Å². The van der Waals surface area contributed by atoms with E-state index >= 15 is 0 Å². The molecular formula is C12H18N2O2S. The van der Waals surface area contributed by atoms with Crippen molar-refractivity contribution in [3.8, 4) is 0 Å². The zero-order valence-electron chi connectivity index (χ0n) is 10.3. The number of hydrogen-bond acceptors (Lipinski definition) is 4. The summed E-state index contributed by atoms with van der Waals surface area (Å²) < 4.78 is 0. The number of likely N-dealkylation sites (tertiary alicyclic amines) is 1. The highest BCUT2D eigenvalue weighted by Gasteiger charge is 2.41. The topological polar surface area (TPSA) is 53.4 Å². The van der Waals surface area contributed by atoms with Gasteiger partial charge in [0.15, 0.2) is 0 Å². The molecule has 4 nitrogen and oxygen atoms in total. The number of rotatable bonds is 3. The van der Waals surface area contributed by atoms with Gasteiger partial charge in [-0.2, -0.15) is 0 Å². The van der Waals surface area contributed by atoms with Gasteiger partial charge in [-0.05, 0) is 39.7 Å². The number of aryl methyl sites for hydroxylation is 1. The fourth-order valence-electron chi connectivity index (χ4n) is 2.34. The predicted molar refractivity (Wildman–Crippen MR) is 67.2 cm³/mol. The minimum absolute atomic E-state index is 0.703. The Labute approximate surface area is 105 Å². The molecule has 0 bridgehead atoms. The predicted octanol–water partition coefficient (Wildman–Crippen LogP) is 2.28. The molecule has 1 fully saturated rings. The van der Waals surface area contributed by atoms with Crippen LogP contribution in [0.2, 0.25) is 0 Å². The maximum Gasteiger partial charge on any atom is 0.323 e. The highest BCUT2D eigenvalue weighted by molar-refractivity contribution is 7.11. The zero-order valence-corrected chi connectivity index (χ0v) is 11.1. The van der Waals surface area contributed by atoms with Gasteiger partial charge in [0.05, 0.1) is 5.01 Å². The first-order valence-corrected chi connectivity index (χ1v) is 6.74. The Morgan fingerprint density at radius 1 is 1.65 bits per heavy atom. The lowest BCUT2D eigenvalue weighted by Crippen LogP contribution is -2.54.